The summed E-state index contributed by atoms with van der Waals surface area (Å²) in [7, 11) is 0. The first-order valence-electron chi connectivity index (χ1n) is 5.17. The molecule has 1 atom stereocenters. The molecular weight excluding hydrogens is 227 g/mol. The highest BCUT2D eigenvalue weighted by molar-refractivity contribution is 6.18. The Morgan fingerprint density at radius 2 is 2.29 bits per heavy atom. The van der Waals surface area contributed by atoms with E-state index in [2.05, 4.69) is 5.32 Å². The summed E-state index contributed by atoms with van der Waals surface area (Å²) in [5.41, 5.74) is 0.479. The van der Waals surface area contributed by atoms with E-state index in [1.807, 2.05) is 0 Å². The van der Waals surface area contributed by atoms with Crippen LogP contribution in [0.1, 0.15) is 13.3 Å². The van der Waals surface area contributed by atoms with Crippen LogP contribution in [-0.4, -0.2) is 23.1 Å². The maximum atomic E-state index is 13.1. The van der Waals surface area contributed by atoms with Gasteiger partial charge in [0.25, 0.3) is 5.91 Å². The predicted octanol–water partition coefficient (Wildman–Crippen LogP) is 2.04. The van der Waals surface area contributed by atoms with Crippen LogP contribution in [0.2, 0.25) is 0 Å². The lowest BCUT2D eigenvalue weighted by Crippen LogP contribution is -2.49. The second-order valence-electron chi connectivity index (χ2n) is 3.72. The van der Waals surface area contributed by atoms with Crippen molar-refractivity contribution in [1.29, 1.82) is 0 Å². The summed E-state index contributed by atoms with van der Waals surface area (Å²) in [5.74, 6) is -1.02. The van der Waals surface area contributed by atoms with Gasteiger partial charge in [0, 0.05) is 0 Å². The molecule has 1 aliphatic heterocycles. The van der Waals surface area contributed by atoms with Crippen LogP contribution < -0.4 is 10.2 Å². The Morgan fingerprint density at radius 1 is 1.59 bits per heavy atom. The lowest BCUT2D eigenvalue weighted by atomic mass is 10.1. The van der Waals surface area contributed by atoms with Crippen LogP contribution in [0, 0.1) is 5.82 Å². The number of hydrogen-bond acceptors (Lipinski definition) is 3. The Morgan fingerprint density at radius 3 is 2.88 bits per heavy atom. The predicted molar refractivity (Wildman–Crippen MR) is 59.6 cm³/mol. The molecule has 0 saturated heterocycles. The zero-order valence-electron chi connectivity index (χ0n) is 9.11. The van der Waals surface area contributed by atoms with Crippen LogP contribution in [0.3, 0.4) is 0 Å². The average molecular weight is 238 g/mol. The molecule has 2 amide bonds. The van der Waals surface area contributed by atoms with E-state index < -0.39 is 23.9 Å². The van der Waals surface area contributed by atoms with Crippen molar-refractivity contribution in [2.45, 2.75) is 19.4 Å². The molecule has 2 rings (SSSR count). The van der Waals surface area contributed by atoms with Crippen molar-refractivity contribution in [3.8, 4) is 0 Å². The fourth-order valence-corrected chi connectivity index (χ4v) is 1.82. The third-order valence-electron chi connectivity index (χ3n) is 2.65. The number of carbonyl (C=O) groups excluding carboxylic acids is 1. The molecule has 90 valence electrons. The molecule has 0 radical (unpaired) electrons. The normalized spacial score (nSPS) is 18.6. The number of carboxylic acid groups (broad SMARTS) is 1. The fraction of sp³-hybridized carbons (Fsp3) is 0.273. The van der Waals surface area contributed by atoms with Gasteiger partial charge in [-0.1, -0.05) is 6.92 Å². The Hall–Kier alpha value is -2.11. The van der Waals surface area contributed by atoms with E-state index in [1.54, 1.807) is 6.92 Å². The minimum Gasteiger partial charge on any atom is -0.464 e. The van der Waals surface area contributed by atoms with Crippen molar-refractivity contribution in [2.75, 3.05) is 10.2 Å². The van der Waals surface area contributed by atoms with Gasteiger partial charge >= 0.3 is 6.09 Å². The second-order valence-corrected chi connectivity index (χ2v) is 3.72. The summed E-state index contributed by atoms with van der Waals surface area (Å²) in [5, 5.41) is 11.8. The number of nitrogens with one attached hydrogen (secondary N) is 1. The van der Waals surface area contributed by atoms with Gasteiger partial charge in [-0.2, -0.15) is 0 Å². The van der Waals surface area contributed by atoms with Crippen LogP contribution in [0.4, 0.5) is 20.6 Å². The second kappa shape index (κ2) is 4.04. The van der Waals surface area contributed by atoms with E-state index in [4.69, 9.17) is 5.11 Å². The maximum absolute atomic E-state index is 13.1. The number of imide groups is 1. The number of halogens is 1. The van der Waals surface area contributed by atoms with Gasteiger partial charge in [-0.15, -0.1) is 0 Å². The van der Waals surface area contributed by atoms with Gasteiger partial charge in [0.2, 0.25) is 0 Å². The molecule has 0 aromatic heterocycles. The highest BCUT2D eigenvalue weighted by Crippen LogP contribution is 2.32. The van der Waals surface area contributed by atoms with Crippen LogP contribution >= 0.6 is 0 Å². The number of hydrogen-bond donors (Lipinski definition) is 2. The lowest BCUT2D eigenvalue weighted by molar-refractivity contribution is -0.119. The first-order valence-corrected chi connectivity index (χ1v) is 5.17. The standard InChI is InChI=1S/C11H11FN2O3/c1-2-7-10(15)14(11(16)17)9-4-3-6(12)5-8(9)13-7/h3-5,7,13H,2H2,1H3,(H,16,17)/t7-/m0/s1. The highest BCUT2D eigenvalue weighted by Gasteiger charge is 2.35. The number of anilines is 2. The maximum Gasteiger partial charge on any atom is 0.418 e. The summed E-state index contributed by atoms with van der Waals surface area (Å²) in [6, 6.07) is 2.94. The molecule has 0 unspecified atom stereocenters. The van der Waals surface area contributed by atoms with E-state index in [0.717, 1.165) is 6.07 Å². The molecule has 5 nitrogen and oxygen atoms in total. The molecule has 1 aromatic rings. The average Bonchev–Trinajstić information content (AvgIpc) is 2.28. The third-order valence-corrected chi connectivity index (χ3v) is 2.65. The minimum absolute atomic E-state index is 0.161. The fourth-order valence-electron chi connectivity index (χ4n) is 1.82. The van der Waals surface area contributed by atoms with Gasteiger partial charge in [0.1, 0.15) is 11.9 Å². The summed E-state index contributed by atoms with van der Waals surface area (Å²) >= 11 is 0. The molecule has 2 N–H and O–H groups in total. The molecule has 0 aliphatic carbocycles. The van der Waals surface area contributed by atoms with Crippen LogP contribution in [0.15, 0.2) is 18.2 Å². The molecule has 0 bridgehead atoms. The van der Waals surface area contributed by atoms with Gasteiger partial charge in [0.15, 0.2) is 0 Å². The van der Waals surface area contributed by atoms with Crippen LogP contribution in [0.5, 0.6) is 0 Å². The zero-order chi connectivity index (χ0) is 12.6. The van der Waals surface area contributed by atoms with Crippen molar-refractivity contribution in [3.05, 3.63) is 24.0 Å². The van der Waals surface area contributed by atoms with Crippen molar-refractivity contribution >= 4 is 23.4 Å². The quantitative estimate of drug-likeness (QED) is 0.785. The minimum atomic E-state index is -1.36. The van der Waals surface area contributed by atoms with Gasteiger partial charge in [-0.05, 0) is 24.6 Å². The Labute approximate surface area is 96.8 Å². The Bertz CT molecular complexity index is 490. The summed E-state index contributed by atoms with van der Waals surface area (Å²) in [6.45, 7) is 1.75. The number of amides is 2. The topological polar surface area (TPSA) is 69.6 Å². The van der Waals surface area contributed by atoms with Crippen LogP contribution in [-0.2, 0) is 4.79 Å². The van der Waals surface area contributed by atoms with Gasteiger partial charge in [0.05, 0.1) is 11.4 Å². The number of benzene rings is 1. The highest BCUT2D eigenvalue weighted by atomic mass is 19.1. The lowest BCUT2D eigenvalue weighted by Gasteiger charge is -2.31. The monoisotopic (exact) mass is 238 g/mol. The molecule has 1 aromatic carbocycles. The number of fused-ring (bicyclic) bond motifs is 1. The van der Waals surface area contributed by atoms with E-state index in [1.165, 1.54) is 12.1 Å². The van der Waals surface area contributed by atoms with Crippen molar-refractivity contribution in [3.63, 3.8) is 0 Å². The van der Waals surface area contributed by atoms with Gasteiger partial charge in [-0.25, -0.2) is 14.1 Å². The first kappa shape index (κ1) is 11.4. The Kier molecular flexibility index (Phi) is 2.71. The molecule has 1 aliphatic rings. The van der Waals surface area contributed by atoms with Crippen molar-refractivity contribution in [1.82, 2.24) is 0 Å². The molecule has 17 heavy (non-hydrogen) atoms. The van der Waals surface area contributed by atoms with E-state index in [9.17, 15) is 14.0 Å². The smallest absolute Gasteiger partial charge is 0.418 e. The number of rotatable bonds is 1. The van der Waals surface area contributed by atoms with Gasteiger partial charge in [-0.3, -0.25) is 4.79 Å². The van der Waals surface area contributed by atoms with Crippen molar-refractivity contribution < 1.29 is 19.1 Å². The van der Waals surface area contributed by atoms with E-state index in [-0.39, 0.29) is 5.69 Å². The first-order chi connectivity index (χ1) is 8.04. The largest absolute Gasteiger partial charge is 0.464 e. The molecule has 1 heterocycles. The van der Waals surface area contributed by atoms with E-state index >= 15 is 0 Å². The zero-order valence-corrected chi connectivity index (χ0v) is 9.11. The van der Waals surface area contributed by atoms with E-state index in [0.29, 0.717) is 17.0 Å². The summed E-state index contributed by atoms with van der Waals surface area (Å²) < 4.78 is 13.1. The molecular formula is C11H11FN2O3. The molecule has 0 saturated carbocycles. The third kappa shape index (κ3) is 1.82. The summed E-state index contributed by atoms with van der Waals surface area (Å²) in [4.78, 5) is 23.5. The molecule has 6 heteroatoms. The van der Waals surface area contributed by atoms with Gasteiger partial charge < -0.3 is 10.4 Å². The number of nitrogens with zero attached hydrogens (tertiary/aromatic N) is 1. The molecule has 0 fully saturated rings. The SMILES string of the molecule is CC[C@@H]1Nc2cc(F)ccc2N(C(=O)O)C1=O. The Balaban J connectivity index is 2.53. The van der Waals surface area contributed by atoms with Crippen molar-refractivity contribution in [2.24, 2.45) is 0 Å². The summed E-state index contributed by atoms with van der Waals surface area (Å²) in [6.07, 6.45) is -0.929. The number of carbonyl (C=O) groups is 2. The van der Waals surface area contributed by atoms with Crippen LogP contribution in [0.25, 0.3) is 0 Å². The molecule has 0 spiro atoms.